The van der Waals surface area contributed by atoms with Crippen LogP contribution in [0.4, 0.5) is 10.1 Å². The van der Waals surface area contributed by atoms with Gasteiger partial charge in [0.1, 0.15) is 0 Å². The van der Waals surface area contributed by atoms with Crippen molar-refractivity contribution < 1.29 is 4.39 Å². The molecule has 0 aromatic carbocycles. The smallest absolute Gasteiger partial charge is 0.164 e. The Bertz CT molecular complexity index is 308. The van der Waals surface area contributed by atoms with E-state index in [0.717, 1.165) is 25.9 Å². The van der Waals surface area contributed by atoms with Gasteiger partial charge in [-0.25, -0.2) is 4.39 Å². The number of aromatic nitrogens is 1. The Morgan fingerprint density at radius 3 is 2.79 bits per heavy atom. The van der Waals surface area contributed by atoms with Gasteiger partial charge in [-0.2, -0.15) is 0 Å². The van der Waals surface area contributed by atoms with E-state index in [1.54, 1.807) is 12.3 Å². The maximum absolute atomic E-state index is 13.3. The molecule has 1 saturated heterocycles. The van der Waals surface area contributed by atoms with Crippen molar-refractivity contribution in [1.82, 2.24) is 4.98 Å². The first kappa shape index (κ1) is 9.40. The lowest BCUT2D eigenvalue weighted by molar-refractivity contribution is 0.493. The van der Waals surface area contributed by atoms with Gasteiger partial charge in [0.15, 0.2) is 5.82 Å². The summed E-state index contributed by atoms with van der Waals surface area (Å²) in [6.45, 7) is 1.67. The quantitative estimate of drug-likeness (QED) is 0.731. The second kappa shape index (κ2) is 3.92. The molecule has 2 heterocycles. The molecule has 2 rings (SSSR count). The van der Waals surface area contributed by atoms with Gasteiger partial charge in [-0.15, -0.1) is 0 Å². The summed E-state index contributed by atoms with van der Waals surface area (Å²) in [7, 11) is 0. The number of piperidine rings is 1. The third kappa shape index (κ3) is 1.85. The Morgan fingerprint density at radius 1 is 1.43 bits per heavy atom. The van der Waals surface area contributed by atoms with Gasteiger partial charge in [-0.05, 0) is 18.9 Å². The highest BCUT2D eigenvalue weighted by Crippen LogP contribution is 2.21. The highest BCUT2D eigenvalue weighted by Gasteiger charge is 2.18. The molecule has 4 heteroatoms. The van der Waals surface area contributed by atoms with E-state index in [2.05, 4.69) is 4.98 Å². The van der Waals surface area contributed by atoms with Gasteiger partial charge in [0.25, 0.3) is 0 Å². The van der Waals surface area contributed by atoms with Gasteiger partial charge in [-0.1, -0.05) is 0 Å². The Labute approximate surface area is 82.7 Å². The Kier molecular flexibility index (Phi) is 2.63. The number of pyridine rings is 1. The predicted molar refractivity (Wildman–Crippen MR) is 53.6 cm³/mol. The molecule has 0 amide bonds. The first-order chi connectivity index (χ1) is 6.77. The molecule has 0 atom stereocenters. The molecule has 1 fully saturated rings. The van der Waals surface area contributed by atoms with Crippen molar-refractivity contribution >= 4 is 5.69 Å². The first-order valence-corrected chi connectivity index (χ1v) is 4.87. The van der Waals surface area contributed by atoms with E-state index in [0.29, 0.717) is 5.69 Å². The molecule has 3 nitrogen and oxygen atoms in total. The standard InChI is InChI=1S/C10H14FN3/c11-9-7-13-4-1-10(9)14-5-2-8(12)3-6-14/h1,4,7-8H,2-3,5-6,12H2. The molecule has 0 spiro atoms. The summed E-state index contributed by atoms with van der Waals surface area (Å²) < 4.78 is 13.3. The van der Waals surface area contributed by atoms with E-state index in [4.69, 9.17) is 5.73 Å². The maximum atomic E-state index is 13.3. The molecule has 0 bridgehead atoms. The Balaban J connectivity index is 2.12. The largest absolute Gasteiger partial charge is 0.369 e. The summed E-state index contributed by atoms with van der Waals surface area (Å²) in [5.74, 6) is -0.247. The van der Waals surface area contributed by atoms with Crippen LogP contribution in [0, 0.1) is 5.82 Å². The van der Waals surface area contributed by atoms with Crippen LogP contribution in [0.5, 0.6) is 0 Å². The number of nitrogens with two attached hydrogens (primary N) is 1. The minimum Gasteiger partial charge on any atom is -0.369 e. The topological polar surface area (TPSA) is 42.1 Å². The molecule has 14 heavy (non-hydrogen) atoms. The summed E-state index contributed by atoms with van der Waals surface area (Å²) in [4.78, 5) is 5.76. The average Bonchev–Trinajstić information content (AvgIpc) is 2.20. The van der Waals surface area contributed by atoms with Crippen LogP contribution in [-0.4, -0.2) is 24.1 Å². The summed E-state index contributed by atoms with van der Waals surface area (Å²) in [6, 6.07) is 1.99. The third-order valence-corrected chi connectivity index (χ3v) is 2.63. The van der Waals surface area contributed by atoms with Crippen molar-refractivity contribution in [1.29, 1.82) is 0 Å². The van der Waals surface area contributed by atoms with Gasteiger partial charge in [0.2, 0.25) is 0 Å². The van der Waals surface area contributed by atoms with Crippen LogP contribution in [0.2, 0.25) is 0 Å². The van der Waals surface area contributed by atoms with Crippen LogP contribution in [0.1, 0.15) is 12.8 Å². The summed E-state index contributed by atoms with van der Waals surface area (Å²) in [6.07, 6.45) is 4.74. The number of halogens is 1. The molecular formula is C10H14FN3. The fourth-order valence-electron chi connectivity index (χ4n) is 1.76. The Hall–Kier alpha value is -1.16. The van der Waals surface area contributed by atoms with Crippen molar-refractivity contribution in [3.05, 3.63) is 24.3 Å². The van der Waals surface area contributed by atoms with E-state index in [1.807, 2.05) is 4.90 Å². The number of rotatable bonds is 1. The molecule has 1 aliphatic heterocycles. The van der Waals surface area contributed by atoms with E-state index in [9.17, 15) is 4.39 Å². The molecule has 2 N–H and O–H groups in total. The number of hydrogen-bond acceptors (Lipinski definition) is 3. The van der Waals surface area contributed by atoms with Crippen molar-refractivity contribution in [3.8, 4) is 0 Å². The lowest BCUT2D eigenvalue weighted by Crippen LogP contribution is -2.40. The van der Waals surface area contributed by atoms with Crippen LogP contribution in [0.3, 0.4) is 0 Å². The van der Waals surface area contributed by atoms with Crippen molar-refractivity contribution in [2.75, 3.05) is 18.0 Å². The van der Waals surface area contributed by atoms with Crippen molar-refractivity contribution in [2.24, 2.45) is 5.73 Å². The molecule has 0 saturated carbocycles. The highest BCUT2D eigenvalue weighted by atomic mass is 19.1. The highest BCUT2D eigenvalue weighted by molar-refractivity contribution is 5.46. The zero-order chi connectivity index (χ0) is 9.97. The number of anilines is 1. The maximum Gasteiger partial charge on any atom is 0.164 e. The minimum atomic E-state index is -0.247. The average molecular weight is 195 g/mol. The fourth-order valence-corrected chi connectivity index (χ4v) is 1.76. The zero-order valence-electron chi connectivity index (χ0n) is 7.99. The molecule has 1 aromatic rings. The van der Waals surface area contributed by atoms with Gasteiger partial charge < -0.3 is 10.6 Å². The third-order valence-electron chi connectivity index (χ3n) is 2.63. The lowest BCUT2D eigenvalue weighted by atomic mass is 10.1. The van der Waals surface area contributed by atoms with Gasteiger partial charge in [0.05, 0.1) is 11.9 Å². The van der Waals surface area contributed by atoms with Crippen molar-refractivity contribution in [2.45, 2.75) is 18.9 Å². The van der Waals surface area contributed by atoms with Crippen LogP contribution >= 0.6 is 0 Å². The SMILES string of the molecule is NC1CCN(c2ccncc2F)CC1. The second-order valence-corrected chi connectivity index (χ2v) is 3.65. The molecule has 1 aromatic heterocycles. The van der Waals surface area contributed by atoms with E-state index in [-0.39, 0.29) is 11.9 Å². The number of nitrogens with zero attached hydrogens (tertiary/aromatic N) is 2. The normalized spacial score (nSPS) is 18.6. The predicted octanol–water partition coefficient (Wildman–Crippen LogP) is 1.15. The zero-order valence-corrected chi connectivity index (χ0v) is 7.99. The molecule has 0 aliphatic carbocycles. The molecule has 0 radical (unpaired) electrons. The molecule has 1 aliphatic rings. The van der Waals surface area contributed by atoms with Gasteiger partial charge in [0, 0.05) is 25.3 Å². The van der Waals surface area contributed by atoms with Crippen LogP contribution in [-0.2, 0) is 0 Å². The van der Waals surface area contributed by atoms with Gasteiger partial charge in [-0.3, -0.25) is 4.98 Å². The Morgan fingerprint density at radius 2 is 2.14 bits per heavy atom. The fraction of sp³-hybridized carbons (Fsp3) is 0.500. The minimum absolute atomic E-state index is 0.247. The lowest BCUT2D eigenvalue weighted by Gasteiger charge is -2.31. The summed E-state index contributed by atoms with van der Waals surface area (Å²) in [5.41, 5.74) is 6.43. The molecule has 76 valence electrons. The summed E-state index contributed by atoms with van der Waals surface area (Å²) in [5, 5.41) is 0. The monoisotopic (exact) mass is 195 g/mol. The van der Waals surface area contributed by atoms with E-state index >= 15 is 0 Å². The second-order valence-electron chi connectivity index (χ2n) is 3.65. The van der Waals surface area contributed by atoms with Crippen LogP contribution in [0.15, 0.2) is 18.5 Å². The summed E-state index contributed by atoms with van der Waals surface area (Å²) >= 11 is 0. The van der Waals surface area contributed by atoms with E-state index < -0.39 is 0 Å². The molecule has 0 unspecified atom stereocenters. The van der Waals surface area contributed by atoms with Crippen molar-refractivity contribution in [3.63, 3.8) is 0 Å². The van der Waals surface area contributed by atoms with E-state index in [1.165, 1.54) is 6.20 Å². The first-order valence-electron chi connectivity index (χ1n) is 4.87. The molecular weight excluding hydrogens is 181 g/mol. The van der Waals surface area contributed by atoms with Gasteiger partial charge >= 0.3 is 0 Å². The number of hydrogen-bond donors (Lipinski definition) is 1. The van der Waals surface area contributed by atoms with Crippen LogP contribution < -0.4 is 10.6 Å². The van der Waals surface area contributed by atoms with Crippen LogP contribution in [0.25, 0.3) is 0 Å².